The molecule has 7 heteroatoms. The lowest BCUT2D eigenvalue weighted by Crippen LogP contribution is -2.25. The second-order valence-corrected chi connectivity index (χ2v) is 5.22. The Morgan fingerprint density at radius 1 is 1.47 bits per heavy atom. The molecule has 1 aromatic rings. The number of nitrogens with one attached hydrogen (secondary N) is 1. The third-order valence-corrected chi connectivity index (χ3v) is 3.37. The van der Waals surface area contributed by atoms with Crippen molar-refractivity contribution in [1.29, 1.82) is 0 Å². The molecule has 1 rings (SSSR count). The summed E-state index contributed by atoms with van der Waals surface area (Å²) in [6.07, 6.45) is 2.00. The molecule has 0 aliphatic heterocycles. The van der Waals surface area contributed by atoms with E-state index in [2.05, 4.69) is 26.4 Å². The van der Waals surface area contributed by atoms with Crippen LogP contribution < -0.4 is 11.1 Å². The fourth-order valence-corrected chi connectivity index (χ4v) is 2.05. The van der Waals surface area contributed by atoms with Crippen LogP contribution in [-0.2, 0) is 0 Å². The Kier molecular flexibility index (Phi) is 6.66. The number of nitrogens with zero attached hydrogens (tertiary/aromatic N) is 1. The molecule has 0 aromatic heterocycles. The maximum atomic E-state index is 11.9. The van der Waals surface area contributed by atoms with E-state index < -0.39 is 0 Å². The van der Waals surface area contributed by atoms with E-state index >= 15 is 0 Å². The Balaban J connectivity index is 2.37. The van der Waals surface area contributed by atoms with Crippen LogP contribution in [0.2, 0.25) is 5.02 Å². The summed E-state index contributed by atoms with van der Waals surface area (Å²) in [4.78, 5) is 11.9. The summed E-state index contributed by atoms with van der Waals surface area (Å²) in [5.74, 6) is 0.0158. The average Bonchev–Trinajstić information content (AvgIpc) is 2.40. The van der Waals surface area contributed by atoms with Gasteiger partial charge in [-0.3, -0.25) is 4.79 Å². The van der Waals surface area contributed by atoms with Gasteiger partial charge in [0.15, 0.2) is 0 Å². The van der Waals surface area contributed by atoms with E-state index in [0.29, 0.717) is 28.0 Å². The van der Waals surface area contributed by atoms with Crippen molar-refractivity contribution in [2.24, 2.45) is 10.9 Å². The molecule has 0 atom stereocenters. The first-order valence-electron chi connectivity index (χ1n) is 5.74. The number of carbonyl (C=O) groups is 1. The Morgan fingerprint density at radius 2 is 2.21 bits per heavy atom. The Labute approximate surface area is 124 Å². The quantitative estimate of drug-likeness (QED) is 0.243. The number of rotatable bonds is 6. The van der Waals surface area contributed by atoms with Crippen LogP contribution in [0.1, 0.15) is 29.6 Å². The van der Waals surface area contributed by atoms with Gasteiger partial charge in [-0.2, -0.15) is 0 Å². The van der Waals surface area contributed by atoms with Gasteiger partial charge in [0.1, 0.15) is 5.84 Å². The Morgan fingerprint density at radius 3 is 2.89 bits per heavy atom. The van der Waals surface area contributed by atoms with E-state index in [1.54, 1.807) is 18.2 Å². The molecule has 0 saturated carbocycles. The number of hydrogen-bond donors (Lipinski definition) is 3. The molecule has 0 aliphatic rings. The molecule has 0 fully saturated rings. The fourth-order valence-electron chi connectivity index (χ4n) is 1.45. The molecule has 0 aliphatic carbocycles. The number of oxime groups is 1. The Bertz CT molecular complexity index is 480. The molecule has 1 aromatic carbocycles. The zero-order valence-electron chi connectivity index (χ0n) is 10.2. The number of benzene rings is 1. The highest BCUT2D eigenvalue weighted by atomic mass is 79.9. The molecule has 4 N–H and O–H groups in total. The molecule has 104 valence electrons. The van der Waals surface area contributed by atoms with Crippen molar-refractivity contribution in [3.63, 3.8) is 0 Å². The molecule has 0 heterocycles. The van der Waals surface area contributed by atoms with Crippen LogP contribution in [0, 0.1) is 0 Å². The monoisotopic (exact) mass is 347 g/mol. The number of unbranched alkanes of at least 4 members (excludes halogenated alkanes) is 1. The van der Waals surface area contributed by atoms with Gasteiger partial charge >= 0.3 is 0 Å². The van der Waals surface area contributed by atoms with E-state index in [-0.39, 0.29) is 11.7 Å². The first kappa shape index (κ1) is 15.8. The lowest BCUT2D eigenvalue weighted by atomic mass is 10.2. The SMILES string of the molecule is N/C(CCCCNC(=O)c1cc(Cl)ccc1Br)=N/O. The van der Waals surface area contributed by atoms with Crippen molar-refractivity contribution >= 4 is 39.3 Å². The minimum absolute atomic E-state index is 0.182. The predicted molar refractivity (Wildman–Crippen MR) is 78.7 cm³/mol. The normalized spacial score (nSPS) is 11.4. The van der Waals surface area contributed by atoms with Crippen molar-refractivity contribution in [1.82, 2.24) is 5.32 Å². The van der Waals surface area contributed by atoms with Crippen LogP contribution in [-0.4, -0.2) is 23.5 Å². The maximum absolute atomic E-state index is 11.9. The first-order valence-corrected chi connectivity index (χ1v) is 6.91. The van der Waals surface area contributed by atoms with Gasteiger partial charge in [0.2, 0.25) is 0 Å². The zero-order chi connectivity index (χ0) is 14.3. The van der Waals surface area contributed by atoms with Crippen molar-refractivity contribution in [2.75, 3.05) is 6.54 Å². The minimum atomic E-state index is -0.182. The van der Waals surface area contributed by atoms with E-state index in [1.807, 2.05) is 0 Å². The van der Waals surface area contributed by atoms with Crippen LogP contribution >= 0.6 is 27.5 Å². The molecule has 0 unspecified atom stereocenters. The van der Waals surface area contributed by atoms with Gasteiger partial charge in [0, 0.05) is 22.5 Å². The highest BCUT2D eigenvalue weighted by Gasteiger charge is 2.09. The number of amidine groups is 1. The minimum Gasteiger partial charge on any atom is -0.409 e. The number of hydrogen-bond acceptors (Lipinski definition) is 3. The van der Waals surface area contributed by atoms with Crippen LogP contribution in [0.25, 0.3) is 0 Å². The van der Waals surface area contributed by atoms with Gasteiger partial charge < -0.3 is 16.3 Å². The molecule has 0 saturated heterocycles. The summed E-state index contributed by atoms with van der Waals surface area (Å²) in [6, 6.07) is 5.05. The summed E-state index contributed by atoms with van der Waals surface area (Å²) in [5, 5.41) is 14.5. The second-order valence-electron chi connectivity index (χ2n) is 3.93. The highest BCUT2D eigenvalue weighted by molar-refractivity contribution is 9.10. The summed E-state index contributed by atoms with van der Waals surface area (Å²) in [6.45, 7) is 0.524. The average molecular weight is 349 g/mol. The fraction of sp³-hybridized carbons (Fsp3) is 0.333. The first-order chi connectivity index (χ1) is 9.04. The number of amides is 1. The standard InChI is InChI=1S/C12H15BrClN3O2/c13-10-5-4-8(14)7-9(10)12(18)16-6-2-1-3-11(15)17-19/h4-5,7,19H,1-3,6H2,(H2,15,17)(H,16,18). The van der Waals surface area contributed by atoms with Crippen molar-refractivity contribution in [2.45, 2.75) is 19.3 Å². The number of carbonyl (C=O) groups excluding carboxylic acids is 1. The van der Waals surface area contributed by atoms with Gasteiger partial charge in [-0.15, -0.1) is 0 Å². The predicted octanol–water partition coefficient (Wildman–Crippen LogP) is 2.75. The molecule has 19 heavy (non-hydrogen) atoms. The molecule has 0 spiro atoms. The lowest BCUT2D eigenvalue weighted by molar-refractivity contribution is 0.0952. The summed E-state index contributed by atoms with van der Waals surface area (Å²) in [7, 11) is 0. The second kappa shape index (κ2) is 8.01. The largest absolute Gasteiger partial charge is 0.409 e. The topological polar surface area (TPSA) is 87.7 Å². The molecule has 0 bridgehead atoms. The van der Waals surface area contributed by atoms with Crippen molar-refractivity contribution in [3.8, 4) is 0 Å². The van der Waals surface area contributed by atoms with Crippen molar-refractivity contribution in [3.05, 3.63) is 33.3 Å². The molecule has 0 radical (unpaired) electrons. The molecule has 5 nitrogen and oxygen atoms in total. The third-order valence-electron chi connectivity index (χ3n) is 2.45. The summed E-state index contributed by atoms with van der Waals surface area (Å²) < 4.78 is 0.700. The van der Waals surface area contributed by atoms with E-state index in [9.17, 15) is 4.79 Å². The number of halogens is 2. The van der Waals surface area contributed by atoms with Gasteiger partial charge in [-0.05, 0) is 47.0 Å². The Hall–Kier alpha value is -1.27. The summed E-state index contributed by atoms with van der Waals surface area (Å²) >= 11 is 9.15. The van der Waals surface area contributed by atoms with E-state index in [1.165, 1.54) is 0 Å². The van der Waals surface area contributed by atoms with Gasteiger partial charge in [-0.1, -0.05) is 16.8 Å². The summed E-state index contributed by atoms with van der Waals surface area (Å²) in [5.41, 5.74) is 5.84. The van der Waals surface area contributed by atoms with Crippen LogP contribution in [0.4, 0.5) is 0 Å². The van der Waals surface area contributed by atoms with Gasteiger partial charge in [0.05, 0.1) is 5.56 Å². The smallest absolute Gasteiger partial charge is 0.252 e. The van der Waals surface area contributed by atoms with Crippen LogP contribution in [0.3, 0.4) is 0 Å². The third kappa shape index (κ3) is 5.48. The molecule has 1 amide bonds. The van der Waals surface area contributed by atoms with Crippen LogP contribution in [0.15, 0.2) is 27.8 Å². The maximum Gasteiger partial charge on any atom is 0.252 e. The highest BCUT2D eigenvalue weighted by Crippen LogP contribution is 2.20. The zero-order valence-corrected chi connectivity index (χ0v) is 12.5. The van der Waals surface area contributed by atoms with Crippen LogP contribution in [0.5, 0.6) is 0 Å². The lowest BCUT2D eigenvalue weighted by Gasteiger charge is -2.07. The molecular weight excluding hydrogens is 334 g/mol. The van der Waals surface area contributed by atoms with E-state index in [0.717, 1.165) is 12.8 Å². The van der Waals surface area contributed by atoms with Gasteiger partial charge in [0.25, 0.3) is 5.91 Å². The van der Waals surface area contributed by atoms with Crippen molar-refractivity contribution < 1.29 is 10.0 Å². The molecular formula is C12H15BrClN3O2. The number of nitrogens with two attached hydrogens (primary N) is 1. The van der Waals surface area contributed by atoms with E-state index in [4.69, 9.17) is 22.5 Å². The van der Waals surface area contributed by atoms with Gasteiger partial charge in [-0.25, -0.2) is 0 Å².